The molecule has 0 bridgehead atoms. The Morgan fingerprint density at radius 3 is 2.47 bits per heavy atom. The van der Waals surface area contributed by atoms with E-state index in [1.807, 2.05) is 12.1 Å². The second-order valence-corrected chi connectivity index (χ2v) is 10.3. The van der Waals surface area contributed by atoms with Gasteiger partial charge in [-0.25, -0.2) is 0 Å². The molecule has 1 atom stereocenters. The van der Waals surface area contributed by atoms with Gasteiger partial charge in [0.25, 0.3) is 5.91 Å². The topological polar surface area (TPSA) is 66.8 Å². The number of halogens is 2. The summed E-state index contributed by atoms with van der Waals surface area (Å²) < 4.78 is 6.32. The van der Waals surface area contributed by atoms with Crippen molar-refractivity contribution in [2.75, 3.05) is 6.54 Å². The molecule has 1 aliphatic rings. The van der Waals surface area contributed by atoms with Gasteiger partial charge >= 0.3 is 5.97 Å². The van der Waals surface area contributed by atoms with Gasteiger partial charge in [0, 0.05) is 31.5 Å². The van der Waals surface area contributed by atoms with Gasteiger partial charge in [-0.1, -0.05) is 66.5 Å². The number of aryl methyl sites for hydroxylation is 1. The van der Waals surface area contributed by atoms with E-state index in [9.17, 15) is 14.7 Å². The van der Waals surface area contributed by atoms with Crippen LogP contribution < -0.4 is 4.74 Å². The lowest BCUT2D eigenvalue weighted by Gasteiger charge is -2.24. The third-order valence-electron chi connectivity index (χ3n) is 6.51. The summed E-state index contributed by atoms with van der Waals surface area (Å²) in [6, 6.07) is 19.2. The fourth-order valence-electron chi connectivity index (χ4n) is 4.62. The van der Waals surface area contributed by atoms with E-state index in [2.05, 4.69) is 38.1 Å². The monoisotopic (exact) mass is 525 g/mol. The Balaban J connectivity index is 1.53. The van der Waals surface area contributed by atoms with Crippen LogP contribution in [0.4, 0.5) is 0 Å². The van der Waals surface area contributed by atoms with E-state index < -0.39 is 11.6 Å². The molecule has 1 N–H and O–H groups in total. The van der Waals surface area contributed by atoms with E-state index in [1.165, 1.54) is 16.0 Å². The minimum absolute atomic E-state index is 0.0517. The Labute approximate surface area is 221 Å². The number of carboxylic acids is 1. The van der Waals surface area contributed by atoms with Gasteiger partial charge in [-0.2, -0.15) is 0 Å². The first kappa shape index (κ1) is 26.1. The number of amides is 1. The number of nitrogens with zero attached hydrogens (tertiary/aromatic N) is 1. The summed E-state index contributed by atoms with van der Waals surface area (Å²) in [5.41, 5.74) is 4.21. The third-order valence-corrected chi connectivity index (χ3v) is 7.37. The smallest absolute Gasteiger partial charge is 0.305 e. The van der Waals surface area contributed by atoms with Gasteiger partial charge in [0.15, 0.2) is 0 Å². The lowest BCUT2D eigenvalue weighted by atomic mass is 9.91. The number of carboxylic acid groups (broad SMARTS) is 1. The van der Waals surface area contributed by atoms with E-state index in [0.29, 0.717) is 27.6 Å². The second-order valence-electron chi connectivity index (χ2n) is 9.48. The van der Waals surface area contributed by atoms with Crippen LogP contribution in [0.15, 0.2) is 60.7 Å². The zero-order valence-corrected chi connectivity index (χ0v) is 21.9. The lowest BCUT2D eigenvalue weighted by Crippen LogP contribution is -2.33. The number of aliphatic carboxylic acids is 1. The van der Waals surface area contributed by atoms with Crippen molar-refractivity contribution in [3.05, 3.63) is 98.5 Å². The minimum atomic E-state index is -0.977. The number of hydrogen-bond acceptors (Lipinski definition) is 3. The molecule has 0 spiro atoms. The second kappa shape index (κ2) is 10.9. The van der Waals surface area contributed by atoms with Crippen LogP contribution in [0.2, 0.25) is 10.0 Å². The summed E-state index contributed by atoms with van der Waals surface area (Å²) in [5.74, 6) is -0.469. The molecule has 0 aromatic heterocycles. The van der Waals surface area contributed by atoms with E-state index in [-0.39, 0.29) is 25.4 Å². The molecule has 0 aliphatic carbocycles. The third kappa shape index (κ3) is 6.03. The van der Waals surface area contributed by atoms with Gasteiger partial charge in [-0.3, -0.25) is 9.59 Å². The first-order chi connectivity index (χ1) is 17.2. The van der Waals surface area contributed by atoms with Gasteiger partial charge in [0.2, 0.25) is 0 Å². The summed E-state index contributed by atoms with van der Waals surface area (Å²) in [6.45, 7) is 4.43. The Morgan fingerprint density at radius 1 is 1.06 bits per heavy atom. The molecule has 4 rings (SSSR count). The summed E-state index contributed by atoms with van der Waals surface area (Å²) in [6.07, 6.45) is 2.26. The number of hydrogen-bond donors (Lipinski definition) is 1. The van der Waals surface area contributed by atoms with E-state index in [4.69, 9.17) is 27.9 Å². The Bertz CT molecular complexity index is 1270. The molecular formula is C29H29Cl2NO4. The van der Waals surface area contributed by atoms with Crippen LogP contribution in [-0.4, -0.2) is 34.0 Å². The molecule has 0 saturated carbocycles. The molecule has 1 heterocycles. The van der Waals surface area contributed by atoms with Gasteiger partial charge < -0.3 is 14.7 Å². The molecule has 5 nitrogen and oxygen atoms in total. The number of fused-ring (bicyclic) bond motifs is 1. The fourth-order valence-corrected chi connectivity index (χ4v) is 5.00. The zero-order valence-electron chi connectivity index (χ0n) is 20.4. The maximum Gasteiger partial charge on any atom is 0.305 e. The van der Waals surface area contributed by atoms with Crippen molar-refractivity contribution in [3.8, 4) is 5.75 Å². The predicted octanol–water partition coefficient (Wildman–Crippen LogP) is 6.61. The standard InChI is InChI=1S/C29H29Cl2NO4/c1-3-19-7-9-20(10-8-19)16-29(2)17-23-15-21(11-12-25(23)36-29)28(35)32(14-13-26(33)34)18-22-5-4-6-24(30)27(22)31/h4-12,15H,3,13-14,16-18H2,1-2H3,(H,33,34)/t29-/m1/s1. The van der Waals surface area contributed by atoms with Crippen LogP contribution in [0, 0.1) is 0 Å². The summed E-state index contributed by atoms with van der Waals surface area (Å²) in [7, 11) is 0. The van der Waals surface area contributed by atoms with Crippen LogP contribution in [0.25, 0.3) is 0 Å². The zero-order chi connectivity index (χ0) is 25.9. The molecule has 1 aliphatic heterocycles. The van der Waals surface area contributed by atoms with Crippen LogP contribution in [0.3, 0.4) is 0 Å². The van der Waals surface area contributed by atoms with Crippen molar-refractivity contribution in [3.63, 3.8) is 0 Å². The molecule has 0 saturated heterocycles. The number of carbonyl (C=O) groups is 2. The molecule has 0 radical (unpaired) electrons. The van der Waals surface area contributed by atoms with E-state index in [0.717, 1.165) is 24.2 Å². The van der Waals surface area contributed by atoms with Crippen LogP contribution in [0.1, 0.15) is 52.9 Å². The highest BCUT2D eigenvalue weighted by atomic mass is 35.5. The Hall–Kier alpha value is -3.02. The SMILES string of the molecule is CCc1ccc(C[C@]2(C)Cc3cc(C(=O)N(CCC(=O)O)Cc4cccc(Cl)c4Cl)ccc3O2)cc1. The fraction of sp³-hybridized carbons (Fsp3) is 0.310. The van der Waals surface area contributed by atoms with Crippen molar-refractivity contribution in [2.24, 2.45) is 0 Å². The maximum atomic E-state index is 13.5. The maximum absolute atomic E-state index is 13.5. The summed E-state index contributed by atoms with van der Waals surface area (Å²) >= 11 is 12.5. The van der Waals surface area contributed by atoms with Gasteiger partial charge in [-0.15, -0.1) is 0 Å². The molecule has 3 aromatic rings. The summed E-state index contributed by atoms with van der Waals surface area (Å²) in [5, 5.41) is 9.96. The highest BCUT2D eigenvalue weighted by Gasteiger charge is 2.35. The highest BCUT2D eigenvalue weighted by Crippen LogP contribution is 2.38. The van der Waals surface area contributed by atoms with E-state index >= 15 is 0 Å². The van der Waals surface area contributed by atoms with Crippen molar-refractivity contribution < 1.29 is 19.4 Å². The molecule has 3 aromatic carbocycles. The largest absolute Gasteiger partial charge is 0.487 e. The molecular weight excluding hydrogens is 497 g/mol. The van der Waals surface area contributed by atoms with Crippen molar-refractivity contribution >= 4 is 35.1 Å². The quantitative estimate of drug-likeness (QED) is 0.341. The first-order valence-electron chi connectivity index (χ1n) is 12.0. The molecule has 36 heavy (non-hydrogen) atoms. The molecule has 0 fully saturated rings. The number of rotatable bonds is 9. The molecule has 188 valence electrons. The van der Waals surface area contributed by atoms with E-state index in [1.54, 1.807) is 24.3 Å². The van der Waals surface area contributed by atoms with Crippen molar-refractivity contribution in [2.45, 2.75) is 51.7 Å². The van der Waals surface area contributed by atoms with Gasteiger partial charge in [0.1, 0.15) is 11.4 Å². The minimum Gasteiger partial charge on any atom is -0.487 e. The van der Waals surface area contributed by atoms with Crippen LogP contribution in [-0.2, 0) is 30.6 Å². The summed E-state index contributed by atoms with van der Waals surface area (Å²) in [4.78, 5) is 26.2. The average Bonchev–Trinajstić information content (AvgIpc) is 3.19. The molecule has 1 amide bonds. The van der Waals surface area contributed by atoms with Crippen LogP contribution in [0.5, 0.6) is 5.75 Å². The normalized spacial score (nSPS) is 16.3. The van der Waals surface area contributed by atoms with Gasteiger partial charge in [-0.05, 0) is 59.9 Å². The lowest BCUT2D eigenvalue weighted by molar-refractivity contribution is -0.137. The number of ether oxygens (including phenoxy) is 1. The van der Waals surface area contributed by atoms with Gasteiger partial charge in [0.05, 0.1) is 16.5 Å². The number of carbonyl (C=O) groups excluding carboxylic acids is 1. The van der Waals surface area contributed by atoms with Crippen molar-refractivity contribution in [1.82, 2.24) is 4.90 Å². The predicted molar refractivity (Wildman–Crippen MR) is 142 cm³/mol. The Morgan fingerprint density at radius 2 is 1.78 bits per heavy atom. The average molecular weight is 526 g/mol. The van der Waals surface area contributed by atoms with Crippen molar-refractivity contribution in [1.29, 1.82) is 0 Å². The number of benzene rings is 3. The highest BCUT2D eigenvalue weighted by molar-refractivity contribution is 6.42. The first-order valence-corrected chi connectivity index (χ1v) is 12.8. The van der Waals surface area contributed by atoms with Crippen LogP contribution >= 0.6 is 23.2 Å². The molecule has 7 heteroatoms. The Kier molecular flexibility index (Phi) is 7.91. The molecule has 0 unspecified atom stereocenters.